The monoisotopic (exact) mass is 540 g/mol. The zero-order chi connectivity index (χ0) is 26.5. The first-order valence-electron chi connectivity index (χ1n) is 11.0. The fourth-order valence-electron chi connectivity index (χ4n) is 3.74. The van der Waals surface area contributed by atoms with Crippen LogP contribution in [0.1, 0.15) is 26.4 Å². The van der Waals surface area contributed by atoms with Crippen molar-refractivity contribution >= 4 is 35.1 Å². The summed E-state index contributed by atoms with van der Waals surface area (Å²) in [5.41, 5.74) is 1.88. The van der Waals surface area contributed by atoms with Crippen molar-refractivity contribution in [2.75, 3.05) is 21.3 Å². The number of esters is 2. The molecule has 1 aromatic heterocycles. The van der Waals surface area contributed by atoms with Crippen LogP contribution in [-0.4, -0.2) is 43.0 Å². The van der Waals surface area contributed by atoms with Crippen LogP contribution in [0.2, 0.25) is 10.0 Å². The number of aromatic nitrogens is 2. The number of methoxy groups -OCH3 is 3. The Kier molecular flexibility index (Phi) is 8.01. The third-order valence-corrected chi connectivity index (χ3v) is 6.02. The zero-order valence-corrected chi connectivity index (χ0v) is 21.7. The highest BCUT2D eigenvalue weighted by atomic mass is 35.5. The molecule has 0 spiro atoms. The van der Waals surface area contributed by atoms with Crippen LogP contribution in [0, 0.1) is 0 Å². The molecule has 190 valence electrons. The van der Waals surface area contributed by atoms with Gasteiger partial charge in [0, 0.05) is 16.1 Å². The van der Waals surface area contributed by atoms with Crippen molar-refractivity contribution in [1.82, 2.24) is 9.78 Å². The summed E-state index contributed by atoms with van der Waals surface area (Å²) in [5.74, 6) is -0.490. The molecule has 0 aliphatic carbocycles. The molecule has 3 aromatic carbocycles. The van der Waals surface area contributed by atoms with Crippen LogP contribution in [-0.2, 0) is 16.1 Å². The summed E-state index contributed by atoms with van der Waals surface area (Å²) in [7, 11) is 4.00. The number of benzene rings is 3. The summed E-state index contributed by atoms with van der Waals surface area (Å²) >= 11 is 12.2. The Balaban J connectivity index is 1.84. The number of rotatable bonds is 8. The van der Waals surface area contributed by atoms with Gasteiger partial charge in [0.1, 0.15) is 29.4 Å². The summed E-state index contributed by atoms with van der Waals surface area (Å²) in [4.78, 5) is 25.7. The summed E-state index contributed by atoms with van der Waals surface area (Å²) in [6.45, 7) is 0.0924. The fraction of sp³-hybridized carbons (Fsp3) is 0.148. The number of halogens is 2. The Morgan fingerprint density at radius 1 is 0.865 bits per heavy atom. The minimum absolute atomic E-state index is 0.0315. The molecule has 0 bridgehead atoms. The molecule has 0 unspecified atom stereocenters. The van der Waals surface area contributed by atoms with E-state index in [1.807, 2.05) is 6.07 Å². The smallest absolute Gasteiger partial charge is 0.357 e. The first-order chi connectivity index (χ1) is 17.9. The fourth-order valence-corrected chi connectivity index (χ4v) is 4.21. The molecule has 1 heterocycles. The maximum Gasteiger partial charge on any atom is 0.357 e. The van der Waals surface area contributed by atoms with Crippen molar-refractivity contribution in [1.29, 1.82) is 0 Å². The van der Waals surface area contributed by atoms with Gasteiger partial charge in [-0.25, -0.2) is 14.3 Å². The van der Waals surface area contributed by atoms with Crippen molar-refractivity contribution in [3.63, 3.8) is 0 Å². The number of nitrogens with zero attached hydrogens (tertiary/aromatic N) is 2. The van der Waals surface area contributed by atoms with Gasteiger partial charge < -0.3 is 18.9 Å². The van der Waals surface area contributed by atoms with E-state index < -0.39 is 11.9 Å². The predicted molar refractivity (Wildman–Crippen MR) is 139 cm³/mol. The molecule has 0 aliphatic heterocycles. The molecule has 4 rings (SSSR count). The van der Waals surface area contributed by atoms with Crippen molar-refractivity contribution < 1.29 is 28.5 Å². The zero-order valence-electron chi connectivity index (χ0n) is 20.2. The van der Waals surface area contributed by atoms with E-state index in [1.165, 1.54) is 26.0 Å². The third-order valence-electron chi connectivity index (χ3n) is 5.49. The van der Waals surface area contributed by atoms with Crippen molar-refractivity contribution in [3.8, 4) is 28.4 Å². The van der Waals surface area contributed by atoms with Gasteiger partial charge in [-0.15, -0.1) is 0 Å². The van der Waals surface area contributed by atoms with Gasteiger partial charge >= 0.3 is 11.9 Å². The van der Waals surface area contributed by atoms with E-state index in [1.54, 1.807) is 60.7 Å². The van der Waals surface area contributed by atoms with Crippen molar-refractivity contribution in [3.05, 3.63) is 93.6 Å². The first kappa shape index (κ1) is 26.1. The number of carbonyl (C=O) groups excluding carboxylic acids is 2. The SMILES string of the molecule is COC(=O)c1c(-c2ccc(OC)c(COc3ccc(Cl)cc3Cl)c2)nn(-c2ccccc2)c1C(=O)OC. The standard InChI is InChI=1S/C27H22Cl2N2O6/c1-34-21-11-9-16(13-17(21)15-37-22-12-10-18(28)14-20(22)29)24-23(26(32)35-2)25(27(33)36-3)31(30-24)19-7-5-4-6-8-19/h4-14H,15H2,1-3H3. The molecular formula is C27H22Cl2N2O6. The third kappa shape index (κ3) is 5.40. The highest BCUT2D eigenvalue weighted by Crippen LogP contribution is 2.34. The lowest BCUT2D eigenvalue weighted by Gasteiger charge is -2.13. The van der Waals surface area contributed by atoms with E-state index >= 15 is 0 Å². The minimum Gasteiger partial charge on any atom is -0.496 e. The van der Waals surface area contributed by atoms with Gasteiger partial charge in [-0.1, -0.05) is 41.4 Å². The van der Waals surface area contributed by atoms with Gasteiger partial charge in [0.25, 0.3) is 0 Å². The highest BCUT2D eigenvalue weighted by Gasteiger charge is 2.31. The van der Waals surface area contributed by atoms with Gasteiger partial charge in [0.2, 0.25) is 0 Å². The molecule has 10 heteroatoms. The van der Waals surface area contributed by atoms with Crippen LogP contribution in [0.3, 0.4) is 0 Å². The van der Waals surface area contributed by atoms with Crippen LogP contribution in [0.5, 0.6) is 11.5 Å². The largest absolute Gasteiger partial charge is 0.496 e. The van der Waals surface area contributed by atoms with Crippen LogP contribution < -0.4 is 9.47 Å². The molecule has 37 heavy (non-hydrogen) atoms. The molecule has 0 fully saturated rings. The Hall–Kier alpha value is -4.01. The van der Waals surface area contributed by atoms with E-state index in [0.717, 1.165) is 0 Å². The van der Waals surface area contributed by atoms with Crippen molar-refractivity contribution in [2.45, 2.75) is 6.61 Å². The first-order valence-corrected chi connectivity index (χ1v) is 11.7. The van der Waals surface area contributed by atoms with E-state index in [-0.39, 0.29) is 23.6 Å². The summed E-state index contributed by atoms with van der Waals surface area (Å²) in [5, 5.41) is 5.47. The number of carbonyl (C=O) groups is 2. The lowest BCUT2D eigenvalue weighted by Crippen LogP contribution is -2.15. The average molecular weight is 541 g/mol. The van der Waals surface area contributed by atoms with Gasteiger partial charge in [0.05, 0.1) is 32.0 Å². The molecule has 0 saturated heterocycles. The summed E-state index contributed by atoms with van der Waals surface area (Å²) in [6.07, 6.45) is 0. The molecule has 0 radical (unpaired) electrons. The van der Waals surface area contributed by atoms with Crippen molar-refractivity contribution in [2.24, 2.45) is 0 Å². The topological polar surface area (TPSA) is 88.9 Å². The van der Waals surface area contributed by atoms with E-state index in [2.05, 4.69) is 5.10 Å². The maximum absolute atomic E-state index is 12.9. The second kappa shape index (κ2) is 11.4. The van der Waals surface area contributed by atoms with Gasteiger partial charge in [-0.05, 0) is 48.5 Å². The quantitative estimate of drug-likeness (QED) is 0.253. The van der Waals surface area contributed by atoms with Gasteiger partial charge in [-0.2, -0.15) is 5.10 Å². The van der Waals surface area contributed by atoms with Crippen LogP contribution >= 0.6 is 23.2 Å². The van der Waals surface area contributed by atoms with Crippen LogP contribution in [0.4, 0.5) is 0 Å². The Morgan fingerprint density at radius 2 is 1.57 bits per heavy atom. The number of hydrogen-bond acceptors (Lipinski definition) is 7. The van der Waals surface area contributed by atoms with Crippen LogP contribution in [0.25, 0.3) is 16.9 Å². The molecule has 0 aliphatic rings. The Labute approximate surface area is 223 Å². The minimum atomic E-state index is -0.738. The number of ether oxygens (including phenoxy) is 4. The number of para-hydroxylation sites is 1. The summed E-state index contributed by atoms with van der Waals surface area (Å²) in [6, 6.07) is 19.1. The lowest BCUT2D eigenvalue weighted by molar-refractivity contribution is 0.0549. The lowest BCUT2D eigenvalue weighted by atomic mass is 10.0. The van der Waals surface area contributed by atoms with Gasteiger partial charge in [-0.3, -0.25) is 0 Å². The second-order valence-corrected chi connectivity index (χ2v) is 8.54. The second-order valence-electron chi connectivity index (χ2n) is 7.69. The van der Waals surface area contributed by atoms with E-state index in [4.69, 9.17) is 42.1 Å². The highest BCUT2D eigenvalue weighted by molar-refractivity contribution is 6.35. The van der Waals surface area contributed by atoms with Crippen LogP contribution in [0.15, 0.2) is 66.7 Å². The summed E-state index contributed by atoms with van der Waals surface area (Å²) < 4.78 is 22.8. The molecule has 8 nitrogen and oxygen atoms in total. The Bertz CT molecular complexity index is 1450. The molecule has 0 N–H and O–H groups in total. The maximum atomic E-state index is 12.9. The predicted octanol–water partition coefficient (Wildman–Crippen LogP) is 6.01. The van der Waals surface area contributed by atoms with E-state index in [0.29, 0.717) is 38.4 Å². The number of hydrogen-bond donors (Lipinski definition) is 0. The van der Waals surface area contributed by atoms with E-state index in [9.17, 15) is 9.59 Å². The molecule has 0 atom stereocenters. The molecular weight excluding hydrogens is 519 g/mol. The Morgan fingerprint density at radius 3 is 2.22 bits per heavy atom. The van der Waals surface area contributed by atoms with Gasteiger partial charge in [0.15, 0.2) is 5.69 Å². The average Bonchev–Trinajstić information content (AvgIpc) is 3.33. The molecule has 0 saturated carbocycles. The normalized spacial score (nSPS) is 10.6. The molecule has 4 aromatic rings. The molecule has 0 amide bonds.